The number of para-hydroxylation sites is 2. The van der Waals surface area contributed by atoms with Gasteiger partial charge in [-0.1, -0.05) is 35.3 Å². The lowest BCUT2D eigenvalue weighted by molar-refractivity contribution is -0.384. The maximum atomic E-state index is 11.0. The number of allylic oxidation sites excluding steroid dienone is 1. The molecule has 3 rings (SSSR count). The van der Waals surface area contributed by atoms with Crippen molar-refractivity contribution in [3.8, 4) is 6.07 Å². The van der Waals surface area contributed by atoms with E-state index >= 15 is 0 Å². The quantitative estimate of drug-likeness (QED) is 0.411. The summed E-state index contributed by atoms with van der Waals surface area (Å²) >= 11 is 11.9. The first kappa shape index (κ1) is 16.0. The number of nitro benzene ring substituents is 1. The molecule has 0 amide bonds. The second kappa shape index (κ2) is 6.32. The molecule has 0 saturated heterocycles. The first-order valence-electron chi connectivity index (χ1n) is 6.70. The van der Waals surface area contributed by atoms with Crippen LogP contribution in [0, 0.1) is 21.4 Å². The van der Waals surface area contributed by atoms with Crippen molar-refractivity contribution in [3.63, 3.8) is 0 Å². The highest BCUT2D eigenvalue weighted by molar-refractivity contribution is 6.37. The fraction of sp³-hybridized carbons (Fsp3) is 0. The Bertz CT molecular complexity index is 1000. The SMILES string of the molecule is N#C/C(=C/c1cc([N+](=O)[O-])c(Cl)cc1Cl)c1nc2ccccc2[nH]1. The third-order valence-electron chi connectivity index (χ3n) is 3.33. The molecule has 0 saturated carbocycles. The number of benzene rings is 2. The van der Waals surface area contributed by atoms with Crippen LogP contribution in [0.5, 0.6) is 0 Å². The van der Waals surface area contributed by atoms with Gasteiger partial charge in [-0.2, -0.15) is 5.26 Å². The van der Waals surface area contributed by atoms with Crippen LogP contribution < -0.4 is 0 Å². The number of imidazole rings is 1. The van der Waals surface area contributed by atoms with Crippen molar-refractivity contribution >= 4 is 51.6 Å². The zero-order valence-electron chi connectivity index (χ0n) is 12.0. The summed E-state index contributed by atoms with van der Waals surface area (Å²) in [5.74, 6) is 0.354. The molecule has 118 valence electrons. The minimum Gasteiger partial charge on any atom is -0.337 e. The Morgan fingerprint density at radius 1 is 1.29 bits per heavy atom. The van der Waals surface area contributed by atoms with E-state index in [9.17, 15) is 15.4 Å². The highest BCUT2D eigenvalue weighted by Gasteiger charge is 2.16. The molecule has 0 atom stereocenters. The number of aromatic amines is 1. The largest absolute Gasteiger partial charge is 0.337 e. The maximum Gasteiger partial charge on any atom is 0.288 e. The zero-order chi connectivity index (χ0) is 17.3. The van der Waals surface area contributed by atoms with Gasteiger partial charge in [0, 0.05) is 16.7 Å². The molecule has 6 nitrogen and oxygen atoms in total. The standard InChI is InChI=1S/C16H8Cl2N4O2/c17-11-7-12(18)15(22(23)24)6-9(11)5-10(8-19)16-20-13-3-1-2-4-14(13)21-16/h1-7H,(H,20,21)/b10-5-. The first-order chi connectivity index (χ1) is 11.5. The van der Waals surface area contributed by atoms with Crippen molar-refractivity contribution in [2.24, 2.45) is 0 Å². The van der Waals surface area contributed by atoms with E-state index in [0.29, 0.717) is 16.9 Å². The van der Waals surface area contributed by atoms with Gasteiger partial charge in [0.05, 0.1) is 21.5 Å². The van der Waals surface area contributed by atoms with E-state index < -0.39 is 4.92 Å². The topological polar surface area (TPSA) is 95.6 Å². The number of nitro groups is 1. The first-order valence-corrected chi connectivity index (χ1v) is 7.45. The van der Waals surface area contributed by atoms with E-state index in [1.54, 1.807) is 0 Å². The van der Waals surface area contributed by atoms with Crippen LogP contribution >= 0.6 is 23.2 Å². The smallest absolute Gasteiger partial charge is 0.288 e. The van der Waals surface area contributed by atoms with E-state index in [-0.39, 0.29) is 21.3 Å². The van der Waals surface area contributed by atoms with Crippen LogP contribution in [0.4, 0.5) is 5.69 Å². The fourth-order valence-corrected chi connectivity index (χ4v) is 2.70. The van der Waals surface area contributed by atoms with E-state index in [2.05, 4.69) is 9.97 Å². The average molecular weight is 359 g/mol. The molecule has 0 unspecified atom stereocenters. The second-order valence-electron chi connectivity index (χ2n) is 4.85. The molecule has 0 fully saturated rings. The van der Waals surface area contributed by atoms with Gasteiger partial charge in [-0.25, -0.2) is 4.98 Å². The molecule has 24 heavy (non-hydrogen) atoms. The van der Waals surface area contributed by atoms with Gasteiger partial charge in [-0.3, -0.25) is 10.1 Å². The van der Waals surface area contributed by atoms with Crippen molar-refractivity contribution in [1.82, 2.24) is 9.97 Å². The van der Waals surface area contributed by atoms with Gasteiger partial charge < -0.3 is 4.98 Å². The number of fused-ring (bicyclic) bond motifs is 1. The summed E-state index contributed by atoms with van der Waals surface area (Å²) in [6, 6.07) is 11.9. The summed E-state index contributed by atoms with van der Waals surface area (Å²) < 4.78 is 0. The van der Waals surface area contributed by atoms with Crippen LogP contribution in [-0.4, -0.2) is 14.9 Å². The molecule has 1 N–H and O–H groups in total. The van der Waals surface area contributed by atoms with E-state index in [1.165, 1.54) is 18.2 Å². The van der Waals surface area contributed by atoms with Gasteiger partial charge in [-0.05, 0) is 24.3 Å². The molecule has 0 aliphatic rings. The Labute approximate surface area is 146 Å². The fourth-order valence-electron chi connectivity index (χ4n) is 2.19. The Morgan fingerprint density at radius 3 is 2.71 bits per heavy atom. The predicted molar refractivity (Wildman–Crippen MR) is 92.7 cm³/mol. The number of aromatic nitrogens is 2. The Morgan fingerprint density at radius 2 is 2.04 bits per heavy atom. The number of rotatable bonds is 3. The second-order valence-corrected chi connectivity index (χ2v) is 5.67. The number of nitriles is 1. The molecular formula is C16H8Cl2N4O2. The molecule has 0 aliphatic carbocycles. The van der Waals surface area contributed by atoms with Crippen molar-refractivity contribution in [1.29, 1.82) is 5.26 Å². The van der Waals surface area contributed by atoms with E-state index in [0.717, 1.165) is 5.52 Å². The Kier molecular flexibility index (Phi) is 4.21. The Hall–Kier alpha value is -2.88. The summed E-state index contributed by atoms with van der Waals surface area (Å²) in [6.07, 6.45) is 1.43. The number of H-pyrrole nitrogens is 1. The molecule has 3 aromatic rings. The van der Waals surface area contributed by atoms with Gasteiger partial charge in [-0.15, -0.1) is 0 Å². The van der Waals surface area contributed by atoms with Crippen LogP contribution in [0.3, 0.4) is 0 Å². The zero-order valence-corrected chi connectivity index (χ0v) is 13.5. The lowest BCUT2D eigenvalue weighted by Gasteiger charge is -2.02. The van der Waals surface area contributed by atoms with E-state index in [1.807, 2.05) is 30.3 Å². The molecule has 0 spiro atoms. The number of nitrogens with zero attached hydrogens (tertiary/aromatic N) is 3. The Balaban J connectivity index is 2.13. The van der Waals surface area contributed by atoms with Gasteiger partial charge in [0.25, 0.3) is 5.69 Å². The minimum absolute atomic E-state index is 0.0654. The van der Waals surface area contributed by atoms with Crippen molar-refractivity contribution in [2.45, 2.75) is 0 Å². The lowest BCUT2D eigenvalue weighted by atomic mass is 10.1. The summed E-state index contributed by atoms with van der Waals surface area (Å²) in [6.45, 7) is 0. The van der Waals surface area contributed by atoms with Crippen molar-refractivity contribution in [2.75, 3.05) is 0 Å². The van der Waals surface area contributed by atoms with Crippen LogP contribution in [-0.2, 0) is 0 Å². The van der Waals surface area contributed by atoms with Gasteiger partial charge in [0.2, 0.25) is 0 Å². The summed E-state index contributed by atoms with van der Waals surface area (Å²) in [4.78, 5) is 17.8. The molecule has 8 heteroatoms. The normalized spacial score (nSPS) is 11.5. The lowest BCUT2D eigenvalue weighted by Crippen LogP contribution is -1.91. The van der Waals surface area contributed by atoms with Gasteiger partial charge >= 0.3 is 0 Å². The molecule has 1 heterocycles. The van der Waals surface area contributed by atoms with Crippen LogP contribution in [0.15, 0.2) is 36.4 Å². The molecule has 0 radical (unpaired) electrons. The maximum absolute atomic E-state index is 11.0. The molecule has 1 aromatic heterocycles. The summed E-state index contributed by atoms with van der Waals surface area (Å²) in [7, 11) is 0. The van der Waals surface area contributed by atoms with Crippen molar-refractivity contribution in [3.05, 3.63) is 67.9 Å². The van der Waals surface area contributed by atoms with Crippen LogP contribution in [0.1, 0.15) is 11.4 Å². The number of hydrogen-bond acceptors (Lipinski definition) is 4. The summed E-state index contributed by atoms with van der Waals surface area (Å²) in [5, 5.41) is 20.5. The number of halogens is 2. The average Bonchev–Trinajstić information content (AvgIpc) is 2.97. The third-order valence-corrected chi connectivity index (χ3v) is 3.96. The monoisotopic (exact) mass is 358 g/mol. The van der Waals surface area contributed by atoms with E-state index in [4.69, 9.17) is 23.2 Å². The minimum atomic E-state index is -0.608. The predicted octanol–water partition coefficient (Wildman–Crippen LogP) is 4.84. The molecule has 0 bridgehead atoms. The molecular weight excluding hydrogens is 351 g/mol. The highest BCUT2D eigenvalue weighted by atomic mass is 35.5. The van der Waals surface area contributed by atoms with Gasteiger partial charge in [0.1, 0.15) is 16.9 Å². The molecule has 0 aliphatic heterocycles. The van der Waals surface area contributed by atoms with Crippen LogP contribution in [0.2, 0.25) is 10.0 Å². The third kappa shape index (κ3) is 2.95. The summed E-state index contributed by atoms with van der Waals surface area (Å²) in [5.41, 5.74) is 1.72. The molecule has 2 aromatic carbocycles. The van der Waals surface area contributed by atoms with Crippen molar-refractivity contribution < 1.29 is 4.92 Å². The number of nitrogens with one attached hydrogen (secondary N) is 1. The van der Waals surface area contributed by atoms with Gasteiger partial charge in [0.15, 0.2) is 0 Å². The van der Waals surface area contributed by atoms with Crippen LogP contribution in [0.25, 0.3) is 22.7 Å². The number of hydrogen-bond donors (Lipinski definition) is 1. The highest BCUT2D eigenvalue weighted by Crippen LogP contribution is 2.32.